The molecule has 120 valence electrons. The fraction of sp³-hybridized carbons (Fsp3) is 0.316. The Morgan fingerprint density at radius 1 is 1.13 bits per heavy atom. The third-order valence-electron chi connectivity index (χ3n) is 4.18. The predicted octanol–water partition coefficient (Wildman–Crippen LogP) is 3.53. The van der Waals surface area contributed by atoms with Crippen molar-refractivity contribution in [3.05, 3.63) is 60.2 Å². The zero-order valence-corrected chi connectivity index (χ0v) is 13.7. The molecule has 1 atom stereocenters. The Morgan fingerprint density at radius 3 is 2.48 bits per heavy atom. The maximum absolute atomic E-state index is 13.2. The Bertz CT molecular complexity index is 697. The minimum absolute atomic E-state index is 0.0844. The molecule has 0 aliphatic carbocycles. The summed E-state index contributed by atoms with van der Waals surface area (Å²) in [4.78, 5) is 14.9. The molecule has 2 aromatic carbocycles. The van der Waals surface area contributed by atoms with E-state index in [0.717, 1.165) is 11.1 Å². The second kappa shape index (κ2) is 6.14. The van der Waals surface area contributed by atoms with Gasteiger partial charge in [-0.05, 0) is 31.0 Å². The van der Waals surface area contributed by atoms with E-state index in [1.54, 1.807) is 12.0 Å². The number of hydrogen-bond acceptors (Lipinski definition) is 3. The van der Waals surface area contributed by atoms with Crippen molar-refractivity contribution < 1.29 is 14.3 Å². The number of rotatable bonds is 3. The maximum Gasteiger partial charge on any atom is 0.258 e. The lowest BCUT2D eigenvalue weighted by molar-refractivity contribution is -0.0569. The molecule has 23 heavy (non-hydrogen) atoms. The Morgan fingerprint density at radius 2 is 1.78 bits per heavy atom. The zero-order chi connectivity index (χ0) is 16.4. The van der Waals surface area contributed by atoms with Gasteiger partial charge in [-0.15, -0.1) is 0 Å². The first-order valence-electron chi connectivity index (χ1n) is 7.69. The highest BCUT2D eigenvalue weighted by Gasteiger charge is 2.44. The van der Waals surface area contributed by atoms with Gasteiger partial charge in [0.05, 0.1) is 6.61 Å². The van der Waals surface area contributed by atoms with Crippen LogP contribution >= 0.6 is 0 Å². The Balaban J connectivity index is 2.04. The van der Waals surface area contributed by atoms with E-state index in [2.05, 4.69) is 0 Å². The van der Waals surface area contributed by atoms with Crippen LogP contribution in [0, 0.1) is 0 Å². The van der Waals surface area contributed by atoms with Crippen LogP contribution in [0.3, 0.4) is 0 Å². The summed E-state index contributed by atoms with van der Waals surface area (Å²) in [5.74, 6) is -0.0844. The molecular weight excluding hydrogens is 290 g/mol. The van der Waals surface area contributed by atoms with Crippen molar-refractivity contribution >= 4 is 5.91 Å². The van der Waals surface area contributed by atoms with E-state index in [9.17, 15) is 4.79 Å². The van der Waals surface area contributed by atoms with Gasteiger partial charge in [0, 0.05) is 12.7 Å². The fourth-order valence-corrected chi connectivity index (χ4v) is 2.98. The molecule has 0 bridgehead atoms. The first kappa shape index (κ1) is 15.7. The van der Waals surface area contributed by atoms with Gasteiger partial charge in [0.15, 0.2) is 6.23 Å². The largest absolute Gasteiger partial charge is 0.359 e. The van der Waals surface area contributed by atoms with Crippen molar-refractivity contribution in [2.45, 2.75) is 25.8 Å². The van der Waals surface area contributed by atoms with Crippen LogP contribution in [-0.2, 0) is 9.47 Å². The molecule has 4 heteroatoms. The van der Waals surface area contributed by atoms with E-state index in [1.807, 2.05) is 68.4 Å². The zero-order valence-electron chi connectivity index (χ0n) is 13.7. The third kappa shape index (κ3) is 2.87. The molecule has 0 radical (unpaired) electrons. The molecule has 0 saturated carbocycles. The lowest BCUT2D eigenvalue weighted by Gasteiger charge is -2.33. The summed E-state index contributed by atoms with van der Waals surface area (Å²) in [6.45, 7) is 4.15. The van der Waals surface area contributed by atoms with E-state index in [1.165, 1.54) is 0 Å². The molecule has 1 amide bonds. The second-order valence-electron chi connectivity index (χ2n) is 6.03. The highest BCUT2D eigenvalue weighted by molar-refractivity contribution is 6.01. The van der Waals surface area contributed by atoms with Gasteiger partial charge < -0.3 is 9.47 Å². The lowest BCUT2D eigenvalue weighted by atomic mass is 9.98. The topological polar surface area (TPSA) is 38.8 Å². The molecule has 1 saturated heterocycles. The van der Waals surface area contributed by atoms with E-state index in [0.29, 0.717) is 12.2 Å². The molecule has 3 rings (SSSR count). The summed E-state index contributed by atoms with van der Waals surface area (Å²) in [6.07, 6.45) is -0.374. The maximum atomic E-state index is 13.2. The smallest absolute Gasteiger partial charge is 0.258 e. The number of benzene rings is 2. The molecule has 0 spiro atoms. The van der Waals surface area contributed by atoms with Crippen molar-refractivity contribution in [3.63, 3.8) is 0 Å². The Hall–Kier alpha value is -2.17. The van der Waals surface area contributed by atoms with Gasteiger partial charge in [-0.1, -0.05) is 48.5 Å². The lowest BCUT2D eigenvalue weighted by Crippen LogP contribution is -2.48. The standard InChI is InChI=1S/C19H21NO3/c1-19(2)20(17(22-3)13-23-19)18(21)16-12-8-7-11-15(16)14-9-5-4-6-10-14/h4-12,17H,13H2,1-3H3/t17-/m1/s1. The highest BCUT2D eigenvalue weighted by atomic mass is 16.6. The molecule has 4 nitrogen and oxygen atoms in total. The van der Waals surface area contributed by atoms with Gasteiger partial charge in [0.2, 0.25) is 0 Å². The second-order valence-corrected chi connectivity index (χ2v) is 6.03. The summed E-state index contributed by atoms with van der Waals surface area (Å²) in [7, 11) is 1.60. The molecular formula is C19H21NO3. The van der Waals surface area contributed by atoms with Crippen molar-refractivity contribution in [1.29, 1.82) is 0 Å². The third-order valence-corrected chi connectivity index (χ3v) is 4.18. The van der Waals surface area contributed by atoms with Crippen LogP contribution in [-0.4, -0.2) is 36.5 Å². The monoisotopic (exact) mass is 311 g/mol. The average Bonchev–Trinajstić information content (AvgIpc) is 2.89. The molecule has 0 aromatic heterocycles. The van der Waals surface area contributed by atoms with Crippen molar-refractivity contribution in [2.75, 3.05) is 13.7 Å². The summed E-state index contributed by atoms with van der Waals surface area (Å²) in [5.41, 5.74) is 1.89. The number of methoxy groups -OCH3 is 1. The van der Waals surface area contributed by atoms with E-state index < -0.39 is 5.72 Å². The van der Waals surface area contributed by atoms with Crippen molar-refractivity contribution in [1.82, 2.24) is 4.90 Å². The van der Waals surface area contributed by atoms with Crippen molar-refractivity contribution in [2.24, 2.45) is 0 Å². The summed E-state index contributed by atoms with van der Waals surface area (Å²) < 4.78 is 11.2. The Kier molecular flexibility index (Phi) is 4.20. The Labute approximate surface area is 136 Å². The summed E-state index contributed by atoms with van der Waals surface area (Å²) in [6, 6.07) is 17.6. The molecule has 1 heterocycles. The van der Waals surface area contributed by atoms with Crippen LogP contribution in [0.25, 0.3) is 11.1 Å². The number of carbonyl (C=O) groups is 1. The van der Waals surface area contributed by atoms with Gasteiger partial charge in [0.25, 0.3) is 5.91 Å². The van der Waals surface area contributed by atoms with Gasteiger partial charge in [-0.2, -0.15) is 0 Å². The van der Waals surface area contributed by atoms with Crippen LogP contribution in [0.15, 0.2) is 54.6 Å². The molecule has 1 fully saturated rings. The first-order valence-corrected chi connectivity index (χ1v) is 7.69. The van der Waals surface area contributed by atoms with Gasteiger partial charge in [-0.25, -0.2) is 0 Å². The molecule has 2 aromatic rings. The molecule has 1 aliphatic heterocycles. The van der Waals surface area contributed by atoms with Crippen LogP contribution < -0.4 is 0 Å². The fourth-order valence-electron chi connectivity index (χ4n) is 2.98. The van der Waals surface area contributed by atoms with E-state index in [4.69, 9.17) is 9.47 Å². The number of carbonyl (C=O) groups excluding carboxylic acids is 1. The summed E-state index contributed by atoms with van der Waals surface area (Å²) in [5, 5.41) is 0. The quantitative estimate of drug-likeness (QED) is 0.870. The first-order chi connectivity index (χ1) is 11.0. The normalized spacial score (nSPS) is 19.8. The summed E-state index contributed by atoms with van der Waals surface area (Å²) >= 11 is 0. The van der Waals surface area contributed by atoms with Crippen LogP contribution in [0.2, 0.25) is 0 Å². The van der Waals surface area contributed by atoms with Crippen LogP contribution in [0.1, 0.15) is 24.2 Å². The molecule has 0 N–H and O–H groups in total. The van der Waals surface area contributed by atoms with Crippen LogP contribution in [0.5, 0.6) is 0 Å². The average molecular weight is 311 g/mol. The number of hydrogen-bond donors (Lipinski definition) is 0. The van der Waals surface area contributed by atoms with Gasteiger partial charge in [-0.3, -0.25) is 9.69 Å². The number of nitrogens with zero attached hydrogens (tertiary/aromatic N) is 1. The molecule has 1 aliphatic rings. The number of ether oxygens (including phenoxy) is 2. The highest BCUT2D eigenvalue weighted by Crippen LogP contribution is 2.32. The SMILES string of the molecule is CO[C@@H]1COC(C)(C)N1C(=O)c1ccccc1-c1ccccc1. The van der Waals surface area contributed by atoms with E-state index >= 15 is 0 Å². The van der Waals surface area contributed by atoms with Crippen LogP contribution in [0.4, 0.5) is 0 Å². The minimum Gasteiger partial charge on any atom is -0.359 e. The minimum atomic E-state index is -0.693. The van der Waals surface area contributed by atoms with Crippen molar-refractivity contribution in [3.8, 4) is 11.1 Å². The van der Waals surface area contributed by atoms with Gasteiger partial charge in [0.1, 0.15) is 5.72 Å². The van der Waals surface area contributed by atoms with Gasteiger partial charge >= 0.3 is 0 Å². The predicted molar refractivity (Wildman–Crippen MR) is 88.9 cm³/mol. The van der Waals surface area contributed by atoms with E-state index in [-0.39, 0.29) is 12.1 Å². The number of amides is 1. The molecule has 0 unspecified atom stereocenters.